The number of urea groups is 1. The van der Waals surface area contributed by atoms with Crippen LogP contribution >= 0.6 is 0 Å². The predicted molar refractivity (Wildman–Crippen MR) is 123 cm³/mol. The molecule has 0 atom stereocenters. The van der Waals surface area contributed by atoms with Crippen molar-refractivity contribution in [3.05, 3.63) is 82.4 Å². The lowest BCUT2D eigenvalue weighted by Crippen LogP contribution is -2.33. The second kappa shape index (κ2) is 8.79. The number of methoxy groups -OCH3 is 1. The normalized spacial score (nSPS) is 12.7. The molecule has 0 fully saturated rings. The van der Waals surface area contributed by atoms with Crippen molar-refractivity contribution in [2.75, 3.05) is 28.6 Å². The molecule has 11 heteroatoms. The van der Waals surface area contributed by atoms with Gasteiger partial charge in [-0.05, 0) is 66.6 Å². The zero-order valence-corrected chi connectivity index (χ0v) is 18.3. The summed E-state index contributed by atoms with van der Waals surface area (Å²) in [5.41, 5.74) is 2.13. The number of carbonyl (C=O) groups is 1. The summed E-state index contributed by atoms with van der Waals surface area (Å²) in [6, 6.07) is 16.2. The summed E-state index contributed by atoms with van der Waals surface area (Å²) in [6.07, 6.45) is 0.513. The molecule has 1 heterocycles. The van der Waals surface area contributed by atoms with E-state index in [0.29, 0.717) is 35.8 Å². The molecule has 2 amide bonds. The van der Waals surface area contributed by atoms with Gasteiger partial charge in [-0.1, -0.05) is 0 Å². The fraction of sp³-hybridized carbons (Fsp3) is 0.136. The Kier molecular flexibility index (Phi) is 5.88. The maximum absolute atomic E-state index is 12.7. The van der Waals surface area contributed by atoms with Gasteiger partial charge in [0.25, 0.3) is 15.7 Å². The largest absolute Gasteiger partial charge is 0.497 e. The zero-order chi connectivity index (χ0) is 23.6. The molecule has 0 unspecified atom stereocenters. The quantitative estimate of drug-likeness (QED) is 0.415. The minimum absolute atomic E-state index is 0.0175. The van der Waals surface area contributed by atoms with Crippen LogP contribution in [0.5, 0.6) is 5.75 Å². The van der Waals surface area contributed by atoms with E-state index in [-0.39, 0.29) is 10.6 Å². The van der Waals surface area contributed by atoms with Gasteiger partial charge in [0.2, 0.25) is 0 Å². The van der Waals surface area contributed by atoms with Crippen molar-refractivity contribution in [1.29, 1.82) is 0 Å². The van der Waals surface area contributed by atoms with Crippen molar-refractivity contribution in [3.63, 3.8) is 0 Å². The Labute approximate surface area is 190 Å². The van der Waals surface area contributed by atoms with Crippen LogP contribution in [0, 0.1) is 10.1 Å². The summed E-state index contributed by atoms with van der Waals surface area (Å²) in [7, 11) is -2.29. The maximum atomic E-state index is 12.7. The number of nitro benzene ring substituents is 1. The van der Waals surface area contributed by atoms with E-state index >= 15 is 0 Å². The molecule has 0 aliphatic carbocycles. The highest BCUT2D eigenvalue weighted by molar-refractivity contribution is 7.92. The highest BCUT2D eigenvalue weighted by Crippen LogP contribution is 2.31. The summed E-state index contributed by atoms with van der Waals surface area (Å²) < 4.78 is 32.8. The maximum Gasteiger partial charge on any atom is 0.326 e. The number of hydrogen-bond donors (Lipinski definition) is 2. The smallest absolute Gasteiger partial charge is 0.326 e. The first-order chi connectivity index (χ1) is 15.8. The van der Waals surface area contributed by atoms with Crippen molar-refractivity contribution in [2.45, 2.75) is 11.3 Å². The summed E-state index contributed by atoms with van der Waals surface area (Å²) in [4.78, 5) is 24.7. The minimum atomic E-state index is -3.81. The molecule has 3 aromatic rings. The number of fused-ring (bicyclic) bond motifs is 1. The highest BCUT2D eigenvalue weighted by atomic mass is 32.2. The van der Waals surface area contributed by atoms with E-state index in [1.807, 2.05) is 0 Å². The Morgan fingerprint density at radius 2 is 1.70 bits per heavy atom. The van der Waals surface area contributed by atoms with Crippen molar-refractivity contribution in [2.24, 2.45) is 0 Å². The SMILES string of the molecule is COc1ccc(NS(=O)(=O)c2ccc(NC(=O)N3CCc4cc([N+](=O)[O-])ccc43)cc2)cc1. The summed E-state index contributed by atoms with van der Waals surface area (Å²) >= 11 is 0. The number of nitrogens with one attached hydrogen (secondary N) is 2. The van der Waals surface area contributed by atoms with Crippen LogP contribution in [0.1, 0.15) is 5.56 Å². The van der Waals surface area contributed by atoms with Crippen LogP contribution in [0.3, 0.4) is 0 Å². The lowest BCUT2D eigenvalue weighted by molar-refractivity contribution is -0.384. The second-order valence-corrected chi connectivity index (χ2v) is 8.94. The average molecular weight is 468 g/mol. The number of sulfonamides is 1. The minimum Gasteiger partial charge on any atom is -0.497 e. The fourth-order valence-electron chi connectivity index (χ4n) is 3.49. The number of amides is 2. The molecule has 0 spiro atoms. The van der Waals surface area contributed by atoms with Gasteiger partial charge in [-0.3, -0.25) is 19.7 Å². The lowest BCUT2D eigenvalue weighted by Gasteiger charge is -2.18. The number of non-ortho nitro benzene ring substituents is 1. The van der Waals surface area contributed by atoms with E-state index in [2.05, 4.69) is 10.0 Å². The molecular weight excluding hydrogens is 448 g/mol. The molecule has 1 aliphatic rings. The first-order valence-corrected chi connectivity index (χ1v) is 11.4. The molecule has 1 aliphatic heterocycles. The summed E-state index contributed by atoms with van der Waals surface area (Å²) in [5.74, 6) is 0.608. The summed E-state index contributed by atoms with van der Waals surface area (Å²) in [5, 5.41) is 13.7. The van der Waals surface area contributed by atoms with E-state index < -0.39 is 21.0 Å². The highest BCUT2D eigenvalue weighted by Gasteiger charge is 2.26. The van der Waals surface area contributed by atoms with Gasteiger partial charge < -0.3 is 10.1 Å². The third-order valence-electron chi connectivity index (χ3n) is 5.17. The van der Waals surface area contributed by atoms with Crippen LogP contribution in [0.25, 0.3) is 0 Å². The van der Waals surface area contributed by atoms with Gasteiger partial charge in [0.1, 0.15) is 5.75 Å². The van der Waals surface area contributed by atoms with Crippen LogP contribution in [0.15, 0.2) is 71.6 Å². The van der Waals surface area contributed by atoms with E-state index in [0.717, 1.165) is 5.56 Å². The number of anilines is 3. The van der Waals surface area contributed by atoms with Gasteiger partial charge in [-0.2, -0.15) is 0 Å². The molecular formula is C22H20N4O6S. The molecule has 0 saturated heterocycles. The van der Waals surface area contributed by atoms with Gasteiger partial charge in [-0.25, -0.2) is 13.2 Å². The number of ether oxygens (including phenoxy) is 1. The van der Waals surface area contributed by atoms with E-state index in [1.54, 1.807) is 30.3 Å². The molecule has 0 aromatic heterocycles. The lowest BCUT2D eigenvalue weighted by atomic mass is 10.1. The van der Waals surface area contributed by atoms with Gasteiger partial charge in [0.05, 0.1) is 16.9 Å². The third kappa shape index (κ3) is 4.72. The first-order valence-electron chi connectivity index (χ1n) is 9.89. The Balaban J connectivity index is 1.43. The topological polar surface area (TPSA) is 131 Å². The molecule has 0 bridgehead atoms. The molecule has 10 nitrogen and oxygen atoms in total. The van der Waals surface area contributed by atoms with Crippen LogP contribution in [0.2, 0.25) is 0 Å². The molecule has 0 radical (unpaired) electrons. The van der Waals surface area contributed by atoms with Crippen molar-refractivity contribution in [3.8, 4) is 5.75 Å². The fourth-order valence-corrected chi connectivity index (χ4v) is 4.55. The van der Waals surface area contributed by atoms with Crippen molar-refractivity contribution < 1.29 is 22.9 Å². The average Bonchev–Trinajstić information content (AvgIpc) is 3.23. The van der Waals surface area contributed by atoms with Gasteiger partial charge >= 0.3 is 6.03 Å². The third-order valence-corrected chi connectivity index (χ3v) is 6.57. The van der Waals surface area contributed by atoms with Crippen molar-refractivity contribution in [1.82, 2.24) is 0 Å². The van der Waals surface area contributed by atoms with Crippen LogP contribution in [-0.4, -0.2) is 33.0 Å². The predicted octanol–water partition coefficient (Wildman–Crippen LogP) is 4.00. The Morgan fingerprint density at radius 3 is 2.33 bits per heavy atom. The number of benzene rings is 3. The summed E-state index contributed by atoms with van der Waals surface area (Å²) in [6.45, 7) is 0.389. The number of carbonyl (C=O) groups excluding carboxylic acids is 1. The van der Waals surface area contributed by atoms with E-state index in [4.69, 9.17) is 4.74 Å². The van der Waals surface area contributed by atoms with Gasteiger partial charge in [0.15, 0.2) is 0 Å². The monoisotopic (exact) mass is 468 g/mol. The Morgan fingerprint density at radius 1 is 1.03 bits per heavy atom. The van der Waals surface area contributed by atoms with E-state index in [1.165, 1.54) is 48.4 Å². The molecule has 4 rings (SSSR count). The number of nitro groups is 1. The Bertz CT molecular complexity index is 1310. The molecule has 170 valence electrons. The molecule has 2 N–H and O–H groups in total. The second-order valence-electron chi connectivity index (χ2n) is 7.26. The van der Waals surface area contributed by atoms with Crippen LogP contribution in [-0.2, 0) is 16.4 Å². The molecule has 3 aromatic carbocycles. The van der Waals surface area contributed by atoms with Crippen molar-refractivity contribution >= 4 is 38.8 Å². The molecule has 0 saturated carbocycles. The van der Waals surface area contributed by atoms with E-state index in [9.17, 15) is 23.3 Å². The zero-order valence-electron chi connectivity index (χ0n) is 17.5. The number of hydrogen-bond acceptors (Lipinski definition) is 6. The number of nitrogens with zero attached hydrogens (tertiary/aromatic N) is 2. The molecule has 33 heavy (non-hydrogen) atoms. The van der Waals surface area contributed by atoms with Gasteiger partial charge in [0, 0.05) is 35.7 Å². The first kappa shape index (κ1) is 22.1. The van der Waals surface area contributed by atoms with Crippen LogP contribution < -0.4 is 19.7 Å². The number of rotatable bonds is 6. The van der Waals surface area contributed by atoms with Crippen LogP contribution in [0.4, 0.5) is 27.5 Å². The van der Waals surface area contributed by atoms with Gasteiger partial charge in [-0.15, -0.1) is 0 Å². The standard InChI is InChI=1S/C22H20N4O6S/c1-32-19-7-2-17(3-8-19)24-33(30,31)20-9-4-16(5-10-20)23-22(27)25-13-12-15-14-18(26(28)29)6-11-21(15)25/h2-11,14,24H,12-13H2,1H3,(H,23,27). The Hall–Kier alpha value is -4.12.